The van der Waals surface area contributed by atoms with Crippen LogP contribution in [0.4, 0.5) is 0 Å². The van der Waals surface area contributed by atoms with Gasteiger partial charge in [0, 0.05) is 5.41 Å². The van der Waals surface area contributed by atoms with Crippen molar-refractivity contribution < 1.29 is 14.6 Å². The number of carbonyl (C=O) groups excluding carboxylic acids is 1. The molecular weight excluding hydrogens is 480 g/mol. The van der Waals surface area contributed by atoms with Crippen molar-refractivity contribution >= 4 is 11.5 Å². The molecule has 1 aliphatic rings. The number of rotatable bonds is 10. The first-order valence-corrected chi connectivity index (χ1v) is 14.8. The van der Waals surface area contributed by atoms with Crippen LogP contribution in [0.2, 0.25) is 0 Å². The highest BCUT2D eigenvalue weighted by Gasteiger charge is 2.32. The Labute approximate surface area is 237 Å². The van der Waals surface area contributed by atoms with Gasteiger partial charge in [0.05, 0.1) is 7.11 Å². The first-order valence-electron chi connectivity index (χ1n) is 14.8. The van der Waals surface area contributed by atoms with Crippen LogP contribution in [-0.2, 0) is 21.4 Å². The Hall–Kier alpha value is -2.65. The summed E-state index contributed by atoms with van der Waals surface area (Å²) in [5, 5.41) is 10.4. The largest absolute Gasteiger partial charge is 0.467 e. The monoisotopic (exact) mass is 530 g/mol. The van der Waals surface area contributed by atoms with Gasteiger partial charge in [-0.05, 0) is 108 Å². The molecule has 0 aromatic heterocycles. The standard InChI is InChI=1S/C36H50O3/c1-10-36(11-2,30-18-17-27(24(3)21-30)16-15-26(5)35(6,7)8)31-19-20-32(25(4)22-31)28-13-12-14-29(23-28)33(37)34(38)39-9/h14,17-23,26,33,37H,10-13,15-16H2,1-9H3/t26?,33-/m1/s1. The second kappa shape index (κ2) is 12.7. The Morgan fingerprint density at radius 2 is 1.62 bits per heavy atom. The summed E-state index contributed by atoms with van der Waals surface area (Å²) in [5.74, 6) is 0.0598. The summed E-state index contributed by atoms with van der Waals surface area (Å²) in [5.41, 5.74) is 10.1. The smallest absolute Gasteiger partial charge is 0.339 e. The Morgan fingerprint density at radius 1 is 1.00 bits per heavy atom. The Kier molecular flexibility index (Phi) is 10.0. The molecule has 2 aromatic carbocycles. The third-order valence-corrected chi connectivity index (χ3v) is 9.43. The van der Waals surface area contributed by atoms with Gasteiger partial charge in [0.25, 0.3) is 0 Å². The fraction of sp³-hybridized carbons (Fsp3) is 0.528. The summed E-state index contributed by atoms with van der Waals surface area (Å²) in [6.45, 7) is 18.4. The molecule has 1 N–H and O–H groups in total. The maximum absolute atomic E-state index is 11.9. The van der Waals surface area contributed by atoms with Crippen molar-refractivity contribution in [2.24, 2.45) is 11.3 Å². The molecule has 3 heteroatoms. The lowest BCUT2D eigenvalue weighted by molar-refractivity contribution is -0.148. The lowest BCUT2D eigenvalue weighted by Crippen LogP contribution is -2.26. The van der Waals surface area contributed by atoms with E-state index in [-0.39, 0.29) is 5.41 Å². The first kappa shape index (κ1) is 30.9. The molecule has 3 rings (SSSR count). The summed E-state index contributed by atoms with van der Waals surface area (Å²) >= 11 is 0. The fourth-order valence-corrected chi connectivity index (χ4v) is 6.01. The third kappa shape index (κ3) is 6.74. The number of aryl methyl sites for hydroxylation is 3. The number of hydrogen-bond acceptors (Lipinski definition) is 3. The normalized spacial score (nSPS) is 15.8. The molecule has 0 bridgehead atoms. The highest BCUT2D eigenvalue weighted by atomic mass is 16.5. The van der Waals surface area contributed by atoms with Crippen LogP contribution in [0, 0.1) is 25.2 Å². The molecule has 2 aromatic rings. The van der Waals surface area contributed by atoms with Gasteiger partial charge in [-0.15, -0.1) is 0 Å². The van der Waals surface area contributed by atoms with E-state index in [2.05, 4.69) is 91.8 Å². The highest BCUT2D eigenvalue weighted by Crippen LogP contribution is 2.41. The molecule has 0 heterocycles. The minimum atomic E-state index is -1.24. The molecule has 0 amide bonds. The van der Waals surface area contributed by atoms with Gasteiger partial charge in [0.2, 0.25) is 0 Å². The molecular formula is C36H50O3. The number of carbonyl (C=O) groups is 1. The van der Waals surface area contributed by atoms with Crippen LogP contribution in [0.5, 0.6) is 0 Å². The van der Waals surface area contributed by atoms with Gasteiger partial charge >= 0.3 is 5.97 Å². The van der Waals surface area contributed by atoms with E-state index in [1.165, 1.54) is 46.9 Å². The average molecular weight is 531 g/mol. The van der Waals surface area contributed by atoms with Crippen LogP contribution in [0.25, 0.3) is 5.57 Å². The number of esters is 1. The lowest BCUT2D eigenvalue weighted by atomic mass is 9.69. The quantitative estimate of drug-likeness (QED) is 0.313. The van der Waals surface area contributed by atoms with E-state index >= 15 is 0 Å². The zero-order valence-electron chi connectivity index (χ0n) is 25.8. The maximum atomic E-state index is 11.9. The summed E-state index contributed by atoms with van der Waals surface area (Å²) in [6.07, 6.45) is 8.74. The molecule has 3 nitrogen and oxygen atoms in total. The van der Waals surface area contributed by atoms with E-state index in [1.54, 1.807) is 0 Å². The van der Waals surface area contributed by atoms with E-state index < -0.39 is 12.1 Å². The Balaban J connectivity index is 1.92. The van der Waals surface area contributed by atoms with Gasteiger partial charge in [-0.1, -0.05) is 90.1 Å². The van der Waals surface area contributed by atoms with Crippen LogP contribution >= 0.6 is 0 Å². The van der Waals surface area contributed by atoms with Crippen molar-refractivity contribution in [3.05, 3.63) is 87.5 Å². The van der Waals surface area contributed by atoms with Gasteiger partial charge < -0.3 is 9.84 Å². The van der Waals surface area contributed by atoms with Crippen molar-refractivity contribution in [1.29, 1.82) is 0 Å². The first-order chi connectivity index (χ1) is 18.4. The van der Waals surface area contributed by atoms with Gasteiger partial charge in [-0.25, -0.2) is 4.79 Å². The van der Waals surface area contributed by atoms with Crippen LogP contribution < -0.4 is 0 Å². The van der Waals surface area contributed by atoms with Crippen molar-refractivity contribution in [2.45, 2.75) is 105 Å². The summed E-state index contributed by atoms with van der Waals surface area (Å²) in [6, 6.07) is 14.1. The summed E-state index contributed by atoms with van der Waals surface area (Å²) in [4.78, 5) is 11.9. The van der Waals surface area contributed by atoms with Gasteiger partial charge in [0.1, 0.15) is 0 Å². The Bertz CT molecular complexity index is 1220. The average Bonchev–Trinajstić information content (AvgIpc) is 2.92. The van der Waals surface area contributed by atoms with Crippen LogP contribution in [0.3, 0.4) is 0 Å². The highest BCUT2D eigenvalue weighted by molar-refractivity contribution is 5.82. The van der Waals surface area contributed by atoms with Crippen molar-refractivity contribution in [3.8, 4) is 0 Å². The second-order valence-electron chi connectivity index (χ2n) is 12.6. The molecule has 2 atom stereocenters. The van der Waals surface area contributed by atoms with Gasteiger partial charge in [0.15, 0.2) is 6.10 Å². The molecule has 0 radical (unpaired) electrons. The number of allylic oxidation sites excluding steroid dienone is 2. The van der Waals surface area contributed by atoms with E-state index in [9.17, 15) is 9.90 Å². The number of aliphatic hydroxyl groups excluding tert-OH is 1. The van der Waals surface area contributed by atoms with E-state index in [0.717, 1.165) is 37.7 Å². The van der Waals surface area contributed by atoms with E-state index in [1.807, 2.05) is 12.2 Å². The number of hydrogen-bond donors (Lipinski definition) is 1. The summed E-state index contributed by atoms with van der Waals surface area (Å²) < 4.78 is 4.74. The molecule has 0 saturated carbocycles. The molecule has 39 heavy (non-hydrogen) atoms. The zero-order valence-corrected chi connectivity index (χ0v) is 25.8. The SMILES string of the molecule is CCC(CC)(c1ccc(CCC(C)C(C)(C)C)c(C)c1)c1ccc(C2=CC([C@@H](O)C(=O)OC)=CCC2)c(C)c1. The van der Waals surface area contributed by atoms with Gasteiger partial charge in [-0.3, -0.25) is 0 Å². The van der Waals surface area contributed by atoms with E-state index in [4.69, 9.17) is 4.74 Å². The Morgan fingerprint density at radius 3 is 2.15 bits per heavy atom. The number of aliphatic hydroxyl groups is 1. The number of ether oxygens (including phenoxy) is 1. The van der Waals surface area contributed by atoms with Crippen molar-refractivity contribution in [1.82, 2.24) is 0 Å². The molecule has 0 fully saturated rings. The molecule has 1 unspecified atom stereocenters. The third-order valence-electron chi connectivity index (χ3n) is 9.43. The van der Waals surface area contributed by atoms with E-state index in [0.29, 0.717) is 16.9 Å². The topological polar surface area (TPSA) is 46.5 Å². The zero-order chi connectivity index (χ0) is 29.0. The maximum Gasteiger partial charge on any atom is 0.339 e. The van der Waals surface area contributed by atoms with Crippen molar-refractivity contribution in [3.63, 3.8) is 0 Å². The predicted octanol–water partition coefficient (Wildman–Crippen LogP) is 8.66. The van der Waals surface area contributed by atoms with Crippen LogP contribution in [-0.4, -0.2) is 24.3 Å². The number of benzene rings is 2. The van der Waals surface area contributed by atoms with Crippen LogP contribution in [0.1, 0.15) is 107 Å². The van der Waals surface area contributed by atoms with Crippen molar-refractivity contribution in [2.75, 3.05) is 7.11 Å². The fourth-order valence-electron chi connectivity index (χ4n) is 6.01. The molecule has 0 saturated heterocycles. The second-order valence-corrected chi connectivity index (χ2v) is 12.6. The minimum absolute atomic E-state index is 0.0433. The number of methoxy groups -OCH3 is 1. The molecule has 0 spiro atoms. The molecule has 212 valence electrons. The van der Waals surface area contributed by atoms with Gasteiger partial charge in [-0.2, -0.15) is 0 Å². The lowest BCUT2D eigenvalue weighted by Gasteiger charge is -2.35. The van der Waals surface area contributed by atoms with Crippen LogP contribution in [0.15, 0.2) is 54.1 Å². The molecule has 1 aliphatic carbocycles. The molecule has 0 aliphatic heterocycles. The summed E-state index contributed by atoms with van der Waals surface area (Å²) in [7, 11) is 1.30. The minimum Gasteiger partial charge on any atom is -0.467 e. The predicted molar refractivity (Wildman–Crippen MR) is 164 cm³/mol.